The minimum Gasteiger partial charge on any atom is -0.354 e. The van der Waals surface area contributed by atoms with Crippen molar-refractivity contribution >= 4 is 11.7 Å². The lowest BCUT2D eigenvalue weighted by Gasteiger charge is -2.22. The van der Waals surface area contributed by atoms with Crippen molar-refractivity contribution in [2.45, 2.75) is 13.0 Å². The predicted molar refractivity (Wildman–Crippen MR) is 94.3 cm³/mol. The summed E-state index contributed by atoms with van der Waals surface area (Å²) in [7, 11) is 4.08. The third kappa shape index (κ3) is 4.27. The highest BCUT2D eigenvalue weighted by Gasteiger charge is 2.35. The first-order chi connectivity index (χ1) is 12.0. The molecule has 0 bridgehead atoms. The Morgan fingerprint density at radius 3 is 2.76 bits per heavy atom. The molecule has 0 saturated carbocycles. The summed E-state index contributed by atoms with van der Waals surface area (Å²) in [5.74, 6) is 0.990. The average Bonchev–Trinajstić information content (AvgIpc) is 2.98. The molecule has 1 amide bonds. The van der Waals surface area contributed by atoms with Crippen LogP contribution in [0.5, 0.6) is 0 Å². The molecule has 2 aromatic rings. The molecule has 0 spiro atoms. The first-order valence-corrected chi connectivity index (χ1v) is 8.28. The second kappa shape index (κ2) is 7.52. The van der Waals surface area contributed by atoms with Gasteiger partial charge in [0, 0.05) is 37.9 Å². The molecule has 2 atom stereocenters. The summed E-state index contributed by atoms with van der Waals surface area (Å²) < 4.78 is 0. The molecular formula is C17H23N7O. The van der Waals surface area contributed by atoms with Crippen molar-refractivity contribution in [2.24, 2.45) is 5.92 Å². The number of anilines is 1. The van der Waals surface area contributed by atoms with E-state index in [0.717, 1.165) is 24.6 Å². The number of carbonyl (C=O) groups is 1. The van der Waals surface area contributed by atoms with Crippen LogP contribution in [-0.4, -0.2) is 70.5 Å². The second-order valence-corrected chi connectivity index (χ2v) is 6.62. The van der Waals surface area contributed by atoms with E-state index in [1.165, 1.54) is 6.20 Å². The Balaban J connectivity index is 1.72. The number of aryl methyl sites for hydroxylation is 1. The fourth-order valence-corrected chi connectivity index (χ4v) is 3.10. The number of hydrogen-bond donors (Lipinski definition) is 1. The SMILES string of the molecule is Cc1cnc(C(=O)N[C@@H]2CN(c3ccncn3)C[C@H]2CN(C)C)cn1. The zero-order valence-corrected chi connectivity index (χ0v) is 14.8. The molecule has 0 radical (unpaired) electrons. The lowest BCUT2D eigenvalue weighted by molar-refractivity contribution is 0.0922. The van der Waals surface area contributed by atoms with Gasteiger partial charge in [-0.05, 0) is 27.1 Å². The highest BCUT2D eigenvalue weighted by Crippen LogP contribution is 2.23. The van der Waals surface area contributed by atoms with Crippen molar-refractivity contribution in [1.82, 2.24) is 30.2 Å². The number of nitrogens with one attached hydrogen (secondary N) is 1. The lowest BCUT2D eigenvalue weighted by atomic mass is 10.0. The van der Waals surface area contributed by atoms with Crippen LogP contribution in [0.1, 0.15) is 16.2 Å². The molecule has 1 fully saturated rings. The molecule has 1 aliphatic heterocycles. The standard InChI is InChI=1S/C17H23N7O/c1-12-6-20-14(7-19-12)17(25)22-15-10-24(9-13(15)8-23(2)3)16-4-5-18-11-21-16/h4-7,11,13,15H,8-10H2,1-3H3,(H,22,25)/t13-,15-/m1/s1. The van der Waals surface area contributed by atoms with Crippen molar-refractivity contribution in [3.05, 3.63) is 42.4 Å². The van der Waals surface area contributed by atoms with Gasteiger partial charge < -0.3 is 15.1 Å². The van der Waals surface area contributed by atoms with Crippen molar-refractivity contribution in [3.63, 3.8) is 0 Å². The largest absolute Gasteiger partial charge is 0.354 e. The van der Waals surface area contributed by atoms with Crippen LogP contribution in [0.25, 0.3) is 0 Å². The first kappa shape index (κ1) is 17.2. The van der Waals surface area contributed by atoms with Crippen LogP contribution in [0.3, 0.4) is 0 Å². The first-order valence-electron chi connectivity index (χ1n) is 8.28. The van der Waals surface area contributed by atoms with Gasteiger partial charge in [-0.25, -0.2) is 15.0 Å². The Labute approximate surface area is 147 Å². The maximum atomic E-state index is 12.5. The summed E-state index contributed by atoms with van der Waals surface area (Å²) in [6.45, 7) is 4.27. The van der Waals surface area contributed by atoms with Crippen molar-refractivity contribution in [1.29, 1.82) is 0 Å². The molecule has 0 aliphatic carbocycles. The van der Waals surface area contributed by atoms with E-state index < -0.39 is 0 Å². The van der Waals surface area contributed by atoms with Crippen molar-refractivity contribution < 1.29 is 4.79 Å². The summed E-state index contributed by atoms with van der Waals surface area (Å²) in [4.78, 5) is 33.4. The molecule has 2 aromatic heterocycles. The van der Waals surface area contributed by atoms with E-state index in [-0.39, 0.29) is 11.9 Å². The molecular weight excluding hydrogens is 318 g/mol. The van der Waals surface area contributed by atoms with E-state index in [9.17, 15) is 4.79 Å². The minimum absolute atomic E-state index is 0.0213. The zero-order valence-electron chi connectivity index (χ0n) is 14.8. The Kier molecular flexibility index (Phi) is 5.18. The molecule has 1 saturated heterocycles. The summed E-state index contributed by atoms with van der Waals surface area (Å²) in [5, 5.41) is 3.12. The Morgan fingerprint density at radius 1 is 1.28 bits per heavy atom. The normalized spacial score (nSPS) is 20.1. The van der Waals surface area contributed by atoms with Gasteiger partial charge in [0.2, 0.25) is 0 Å². The third-order valence-corrected chi connectivity index (χ3v) is 4.26. The molecule has 132 valence electrons. The number of aromatic nitrogens is 4. The number of rotatable bonds is 5. The monoisotopic (exact) mass is 341 g/mol. The smallest absolute Gasteiger partial charge is 0.271 e. The van der Waals surface area contributed by atoms with Gasteiger partial charge >= 0.3 is 0 Å². The molecule has 8 heteroatoms. The van der Waals surface area contributed by atoms with Crippen LogP contribution in [0.15, 0.2) is 31.0 Å². The van der Waals surface area contributed by atoms with Crippen molar-refractivity contribution in [2.75, 3.05) is 38.6 Å². The summed E-state index contributed by atoms with van der Waals surface area (Å²) in [6.07, 6.45) is 6.40. The van der Waals surface area contributed by atoms with Crippen LogP contribution in [0.2, 0.25) is 0 Å². The van der Waals surface area contributed by atoms with Gasteiger partial charge in [-0.1, -0.05) is 0 Å². The quantitative estimate of drug-likeness (QED) is 0.841. The van der Waals surface area contributed by atoms with E-state index in [0.29, 0.717) is 18.2 Å². The van der Waals surface area contributed by atoms with E-state index in [4.69, 9.17) is 0 Å². The van der Waals surface area contributed by atoms with E-state index in [1.54, 1.807) is 18.7 Å². The molecule has 8 nitrogen and oxygen atoms in total. The topological polar surface area (TPSA) is 87.1 Å². The molecule has 0 unspecified atom stereocenters. The number of amides is 1. The minimum atomic E-state index is -0.189. The van der Waals surface area contributed by atoms with Crippen molar-refractivity contribution in [3.8, 4) is 0 Å². The predicted octanol–water partition coefficient (Wildman–Crippen LogP) is 0.371. The van der Waals surface area contributed by atoms with E-state index >= 15 is 0 Å². The molecule has 1 aliphatic rings. The van der Waals surface area contributed by atoms with Gasteiger partial charge in [0.05, 0.1) is 17.9 Å². The summed E-state index contributed by atoms with van der Waals surface area (Å²) in [5.41, 5.74) is 1.13. The highest BCUT2D eigenvalue weighted by molar-refractivity contribution is 5.92. The highest BCUT2D eigenvalue weighted by atomic mass is 16.2. The van der Waals surface area contributed by atoms with Gasteiger partial charge in [-0.15, -0.1) is 0 Å². The van der Waals surface area contributed by atoms with Crippen LogP contribution in [0, 0.1) is 12.8 Å². The lowest BCUT2D eigenvalue weighted by Crippen LogP contribution is -2.43. The number of hydrogen-bond acceptors (Lipinski definition) is 7. The summed E-state index contributed by atoms with van der Waals surface area (Å²) in [6, 6.07) is 1.91. The Morgan fingerprint density at radius 2 is 2.12 bits per heavy atom. The average molecular weight is 341 g/mol. The molecule has 3 heterocycles. The Bertz CT molecular complexity index is 705. The zero-order chi connectivity index (χ0) is 17.8. The maximum absolute atomic E-state index is 12.5. The van der Waals surface area contributed by atoms with Crippen LogP contribution in [0.4, 0.5) is 5.82 Å². The number of carbonyl (C=O) groups excluding carboxylic acids is 1. The van der Waals surface area contributed by atoms with Gasteiger partial charge in [0.1, 0.15) is 17.8 Å². The summed E-state index contributed by atoms with van der Waals surface area (Å²) >= 11 is 0. The van der Waals surface area contributed by atoms with Gasteiger partial charge in [-0.2, -0.15) is 0 Å². The molecule has 1 N–H and O–H groups in total. The van der Waals surface area contributed by atoms with E-state index in [2.05, 4.69) is 35.1 Å². The molecule has 3 rings (SSSR count). The molecule has 0 aromatic carbocycles. The number of nitrogens with zero attached hydrogens (tertiary/aromatic N) is 6. The van der Waals surface area contributed by atoms with Gasteiger partial charge in [0.15, 0.2) is 0 Å². The van der Waals surface area contributed by atoms with E-state index in [1.807, 2.05) is 27.1 Å². The Hall–Kier alpha value is -2.61. The van der Waals surface area contributed by atoms with Gasteiger partial charge in [-0.3, -0.25) is 9.78 Å². The third-order valence-electron chi connectivity index (χ3n) is 4.26. The maximum Gasteiger partial charge on any atom is 0.271 e. The van der Waals surface area contributed by atoms with Crippen LogP contribution < -0.4 is 10.2 Å². The second-order valence-electron chi connectivity index (χ2n) is 6.62. The molecule has 25 heavy (non-hydrogen) atoms. The van der Waals surface area contributed by atoms with Crippen LogP contribution in [-0.2, 0) is 0 Å². The fraction of sp³-hybridized carbons (Fsp3) is 0.471. The van der Waals surface area contributed by atoms with Gasteiger partial charge in [0.25, 0.3) is 5.91 Å². The fourth-order valence-electron chi connectivity index (χ4n) is 3.10. The van der Waals surface area contributed by atoms with Crippen LogP contribution >= 0.6 is 0 Å².